The van der Waals surface area contributed by atoms with Crippen LogP contribution < -0.4 is 11.1 Å². The number of amides is 1. The maximum Gasteiger partial charge on any atom is 0.276 e. The molecule has 26 heavy (non-hydrogen) atoms. The van der Waals surface area contributed by atoms with Crippen LogP contribution in [0.15, 0.2) is 29.6 Å². The van der Waals surface area contributed by atoms with E-state index in [0.717, 1.165) is 34.0 Å². The van der Waals surface area contributed by atoms with Gasteiger partial charge in [-0.25, -0.2) is 9.97 Å². The van der Waals surface area contributed by atoms with Crippen LogP contribution in [0.25, 0.3) is 11.3 Å². The standard InChI is InChI=1S/C19H22N4OS2/c1-3-4-13-5-7-14(8-6-13)17-12(2)26-19(22-17)23-18(24)15-11-25-16(21-15)9-10-20/h5-8,11H,3-4,9-10,20H2,1-2H3,(H,22,23,24). The number of aromatic nitrogens is 2. The maximum absolute atomic E-state index is 12.4. The lowest BCUT2D eigenvalue weighted by Crippen LogP contribution is -2.12. The van der Waals surface area contributed by atoms with Crippen molar-refractivity contribution < 1.29 is 4.79 Å². The van der Waals surface area contributed by atoms with E-state index in [1.807, 2.05) is 6.92 Å². The van der Waals surface area contributed by atoms with Gasteiger partial charge >= 0.3 is 0 Å². The molecule has 0 aliphatic heterocycles. The summed E-state index contributed by atoms with van der Waals surface area (Å²) in [7, 11) is 0. The van der Waals surface area contributed by atoms with E-state index in [2.05, 4.69) is 46.5 Å². The van der Waals surface area contributed by atoms with Crippen LogP contribution in [0, 0.1) is 6.92 Å². The Kier molecular flexibility index (Phi) is 6.13. The summed E-state index contributed by atoms with van der Waals surface area (Å²) >= 11 is 2.93. The molecule has 7 heteroatoms. The van der Waals surface area contributed by atoms with Crippen LogP contribution in [0.2, 0.25) is 0 Å². The topological polar surface area (TPSA) is 80.9 Å². The second-order valence-electron chi connectivity index (χ2n) is 5.99. The van der Waals surface area contributed by atoms with E-state index in [1.54, 1.807) is 5.38 Å². The summed E-state index contributed by atoms with van der Waals surface area (Å²) in [6.07, 6.45) is 2.90. The van der Waals surface area contributed by atoms with Crippen molar-refractivity contribution in [2.45, 2.75) is 33.1 Å². The zero-order chi connectivity index (χ0) is 18.5. The van der Waals surface area contributed by atoms with E-state index in [4.69, 9.17) is 5.73 Å². The Bertz CT molecular complexity index is 883. The molecule has 1 aromatic carbocycles. The smallest absolute Gasteiger partial charge is 0.276 e. The van der Waals surface area contributed by atoms with Crippen molar-refractivity contribution in [1.29, 1.82) is 0 Å². The molecule has 0 radical (unpaired) electrons. The molecule has 0 aliphatic carbocycles. The highest BCUT2D eigenvalue weighted by molar-refractivity contribution is 7.16. The number of hydrogen-bond donors (Lipinski definition) is 2. The van der Waals surface area contributed by atoms with Crippen LogP contribution in [0.5, 0.6) is 0 Å². The molecule has 0 fully saturated rings. The summed E-state index contributed by atoms with van der Waals surface area (Å²) in [5, 5.41) is 6.08. The summed E-state index contributed by atoms with van der Waals surface area (Å²) in [6.45, 7) is 4.72. The number of aryl methyl sites for hydroxylation is 2. The van der Waals surface area contributed by atoms with Crippen LogP contribution >= 0.6 is 22.7 Å². The molecule has 0 aliphatic rings. The van der Waals surface area contributed by atoms with Gasteiger partial charge in [0.05, 0.1) is 10.7 Å². The predicted octanol–water partition coefficient (Wildman–Crippen LogP) is 4.28. The number of thiazole rings is 2. The van der Waals surface area contributed by atoms with E-state index < -0.39 is 0 Å². The Hall–Kier alpha value is -2.09. The number of hydrogen-bond acceptors (Lipinski definition) is 6. The van der Waals surface area contributed by atoms with Crippen LogP contribution in [-0.4, -0.2) is 22.4 Å². The Morgan fingerprint density at radius 3 is 2.65 bits per heavy atom. The fourth-order valence-corrected chi connectivity index (χ4v) is 4.28. The quantitative estimate of drug-likeness (QED) is 0.635. The Balaban J connectivity index is 1.73. The van der Waals surface area contributed by atoms with E-state index in [9.17, 15) is 4.79 Å². The highest BCUT2D eigenvalue weighted by atomic mass is 32.1. The van der Waals surface area contributed by atoms with E-state index in [-0.39, 0.29) is 5.91 Å². The second kappa shape index (κ2) is 8.53. The molecule has 2 aromatic heterocycles. The first kappa shape index (κ1) is 18.7. The highest BCUT2D eigenvalue weighted by Gasteiger charge is 2.15. The van der Waals surface area contributed by atoms with Gasteiger partial charge in [-0.3, -0.25) is 10.1 Å². The number of nitrogens with one attached hydrogen (secondary N) is 1. The monoisotopic (exact) mass is 386 g/mol. The molecule has 0 saturated heterocycles. The number of nitrogens with two attached hydrogens (primary N) is 1. The fourth-order valence-electron chi connectivity index (χ4n) is 2.65. The van der Waals surface area contributed by atoms with Gasteiger partial charge in [0.2, 0.25) is 0 Å². The van der Waals surface area contributed by atoms with Crippen molar-refractivity contribution in [3.63, 3.8) is 0 Å². The average molecular weight is 387 g/mol. The van der Waals surface area contributed by atoms with Gasteiger partial charge in [0, 0.05) is 22.2 Å². The van der Waals surface area contributed by atoms with Crippen LogP contribution in [0.1, 0.15) is 39.3 Å². The molecule has 3 aromatic rings. The zero-order valence-corrected chi connectivity index (χ0v) is 16.5. The van der Waals surface area contributed by atoms with Crippen LogP contribution in [0.4, 0.5) is 5.13 Å². The molecule has 136 valence electrons. The first-order valence-electron chi connectivity index (χ1n) is 8.63. The Morgan fingerprint density at radius 1 is 1.19 bits per heavy atom. The average Bonchev–Trinajstić information content (AvgIpc) is 3.23. The van der Waals surface area contributed by atoms with Gasteiger partial charge in [0.25, 0.3) is 5.91 Å². The van der Waals surface area contributed by atoms with Crippen molar-refractivity contribution >= 4 is 33.7 Å². The largest absolute Gasteiger partial charge is 0.330 e. The van der Waals surface area contributed by atoms with E-state index >= 15 is 0 Å². The molecule has 0 atom stereocenters. The van der Waals surface area contributed by atoms with Gasteiger partial charge in [-0.15, -0.1) is 22.7 Å². The minimum absolute atomic E-state index is 0.233. The number of anilines is 1. The molecular formula is C19H22N4OS2. The molecule has 0 saturated carbocycles. The third-order valence-corrected chi connectivity index (χ3v) is 5.72. The highest BCUT2D eigenvalue weighted by Crippen LogP contribution is 2.31. The summed E-state index contributed by atoms with van der Waals surface area (Å²) in [5.41, 5.74) is 9.25. The minimum Gasteiger partial charge on any atom is -0.330 e. The molecule has 5 nitrogen and oxygen atoms in total. The van der Waals surface area contributed by atoms with E-state index in [0.29, 0.717) is 23.8 Å². The molecule has 0 unspecified atom stereocenters. The second-order valence-corrected chi connectivity index (χ2v) is 8.14. The van der Waals surface area contributed by atoms with Gasteiger partial charge < -0.3 is 5.73 Å². The minimum atomic E-state index is -0.233. The van der Waals surface area contributed by atoms with Crippen molar-refractivity contribution in [3.05, 3.63) is 50.8 Å². The molecular weight excluding hydrogens is 364 g/mol. The lowest BCUT2D eigenvalue weighted by molar-refractivity contribution is 0.102. The SMILES string of the molecule is CCCc1ccc(-c2nc(NC(=O)c3csc(CCN)n3)sc2C)cc1. The molecule has 3 rings (SSSR count). The van der Waals surface area contributed by atoms with Gasteiger partial charge in [-0.05, 0) is 25.5 Å². The number of carbonyl (C=O) groups excluding carboxylic acids is 1. The number of nitrogens with zero attached hydrogens (tertiary/aromatic N) is 2. The summed E-state index contributed by atoms with van der Waals surface area (Å²) < 4.78 is 0. The molecule has 1 amide bonds. The van der Waals surface area contributed by atoms with Gasteiger partial charge in [0.15, 0.2) is 5.13 Å². The van der Waals surface area contributed by atoms with Crippen molar-refractivity contribution in [2.75, 3.05) is 11.9 Å². The zero-order valence-electron chi connectivity index (χ0n) is 14.9. The molecule has 0 spiro atoms. The first-order valence-corrected chi connectivity index (χ1v) is 10.3. The fraction of sp³-hybridized carbons (Fsp3) is 0.316. The number of carbonyl (C=O) groups is 1. The third kappa shape index (κ3) is 4.35. The van der Waals surface area contributed by atoms with Gasteiger partial charge in [0.1, 0.15) is 5.69 Å². The lowest BCUT2D eigenvalue weighted by atomic mass is 10.1. The summed E-state index contributed by atoms with van der Waals surface area (Å²) in [4.78, 5) is 22.4. The Morgan fingerprint density at radius 2 is 1.96 bits per heavy atom. The summed E-state index contributed by atoms with van der Waals surface area (Å²) in [6, 6.07) is 8.48. The van der Waals surface area contributed by atoms with Gasteiger partial charge in [-0.2, -0.15) is 0 Å². The van der Waals surface area contributed by atoms with Crippen molar-refractivity contribution in [2.24, 2.45) is 5.73 Å². The van der Waals surface area contributed by atoms with Crippen LogP contribution in [0.3, 0.4) is 0 Å². The normalized spacial score (nSPS) is 10.9. The molecule has 0 bridgehead atoms. The molecule has 2 heterocycles. The molecule has 3 N–H and O–H groups in total. The maximum atomic E-state index is 12.4. The predicted molar refractivity (Wildman–Crippen MR) is 109 cm³/mol. The Labute approximate surface area is 161 Å². The van der Waals surface area contributed by atoms with Crippen molar-refractivity contribution in [3.8, 4) is 11.3 Å². The third-order valence-electron chi connectivity index (χ3n) is 3.93. The van der Waals surface area contributed by atoms with Crippen LogP contribution in [-0.2, 0) is 12.8 Å². The van der Waals surface area contributed by atoms with Crippen molar-refractivity contribution in [1.82, 2.24) is 9.97 Å². The summed E-state index contributed by atoms with van der Waals surface area (Å²) in [5.74, 6) is -0.233. The van der Waals surface area contributed by atoms with Gasteiger partial charge in [-0.1, -0.05) is 37.6 Å². The number of rotatable bonds is 7. The first-order chi connectivity index (χ1) is 12.6. The number of benzene rings is 1. The van der Waals surface area contributed by atoms with E-state index in [1.165, 1.54) is 28.2 Å². The lowest BCUT2D eigenvalue weighted by Gasteiger charge is -2.02.